The van der Waals surface area contributed by atoms with Crippen LogP contribution in [0.1, 0.15) is 18.9 Å². The van der Waals surface area contributed by atoms with Gasteiger partial charge in [0.2, 0.25) is 0 Å². The highest BCUT2D eigenvalue weighted by molar-refractivity contribution is 6.31. The first kappa shape index (κ1) is 13.4. The molecule has 0 fully saturated rings. The molecule has 1 aromatic rings. The number of hydrogen-bond acceptors (Lipinski definition) is 3. The number of likely N-dealkylation sites (N-methyl/N-ethyl adjacent to an activating group) is 1. The smallest absolute Gasteiger partial charge is 0.0621 e. The van der Waals surface area contributed by atoms with E-state index in [1.807, 2.05) is 13.1 Å². The van der Waals surface area contributed by atoms with Crippen LogP contribution in [-0.4, -0.2) is 31.3 Å². The number of halogens is 1. The lowest BCUT2D eigenvalue weighted by atomic mass is 10.0. The van der Waals surface area contributed by atoms with Crippen LogP contribution in [0.4, 0.5) is 0 Å². The van der Waals surface area contributed by atoms with Crippen molar-refractivity contribution in [3.63, 3.8) is 0 Å². The highest BCUT2D eigenvalue weighted by atomic mass is 35.5. The Hall–Kier alpha value is -0.640. The Balaban J connectivity index is 2.60. The summed E-state index contributed by atoms with van der Waals surface area (Å²) in [5.74, 6) is 0. The van der Waals surface area contributed by atoms with Crippen LogP contribution >= 0.6 is 11.6 Å². The molecule has 2 atom stereocenters. The summed E-state index contributed by atoms with van der Waals surface area (Å²) in [7, 11) is 3.69. The van der Waals surface area contributed by atoms with Crippen molar-refractivity contribution in [2.45, 2.75) is 31.9 Å². The Morgan fingerprint density at radius 2 is 2.31 bits per heavy atom. The summed E-state index contributed by atoms with van der Waals surface area (Å²) in [5, 5.41) is 4.01. The fraction of sp³-hybridized carbons (Fsp3) is 0.583. The summed E-state index contributed by atoms with van der Waals surface area (Å²) < 4.78 is 5.27. The minimum atomic E-state index is 0.248. The summed E-state index contributed by atoms with van der Waals surface area (Å²) >= 11 is 6.07. The van der Waals surface area contributed by atoms with Gasteiger partial charge in [0.25, 0.3) is 0 Å². The monoisotopic (exact) mass is 242 g/mol. The fourth-order valence-electron chi connectivity index (χ4n) is 1.64. The Morgan fingerprint density at radius 3 is 2.88 bits per heavy atom. The first-order chi connectivity index (χ1) is 7.67. The average molecular weight is 243 g/mol. The lowest BCUT2D eigenvalue weighted by Gasteiger charge is -2.20. The topological polar surface area (TPSA) is 34.2 Å². The molecular weight excluding hydrogens is 224 g/mol. The minimum Gasteiger partial charge on any atom is -0.382 e. The molecule has 3 nitrogen and oxygen atoms in total. The van der Waals surface area contributed by atoms with Gasteiger partial charge >= 0.3 is 0 Å². The highest BCUT2D eigenvalue weighted by Crippen LogP contribution is 2.17. The van der Waals surface area contributed by atoms with Gasteiger partial charge in [-0.25, -0.2) is 0 Å². The van der Waals surface area contributed by atoms with Crippen LogP contribution in [0.2, 0.25) is 5.02 Å². The lowest BCUT2D eigenvalue weighted by Crippen LogP contribution is -2.31. The molecule has 0 aromatic carbocycles. The number of ether oxygens (including phenoxy) is 1. The predicted molar refractivity (Wildman–Crippen MR) is 66.9 cm³/mol. The molecule has 16 heavy (non-hydrogen) atoms. The summed E-state index contributed by atoms with van der Waals surface area (Å²) in [5.41, 5.74) is 1.12. The molecule has 2 unspecified atom stereocenters. The van der Waals surface area contributed by atoms with Gasteiger partial charge in [-0.1, -0.05) is 11.6 Å². The van der Waals surface area contributed by atoms with Gasteiger partial charge in [0.05, 0.1) is 11.1 Å². The third-order valence-electron chi connectivity index (χ3n) is 2.75. The molecule has 0 saturated carbocycles. The van der Waals surface area contributed by atoms with Crippen LogP contribution in [0.5, 0.6) is 0 Å². The zero-order valence-electron chi connectivity index (χ0n) is 10.0. The van der Waals surface area contributed by atoms with E-state index in [1.54, 1.807) is 19.5 Å². The Kier molecular flexibility index (Phi) is 5.74. The molecule has 0 amide bonds. The second kappa shape index (κ2) is 6.84. The van der Waals surface area contributed by atoms with E-state index >= 15 is 0 Å². The maximum absolute atomic E-state index is 6.07. The molecule has 1 rings (SSSR count). The van der Waals surface area contributed by atoms with E-state index in [9.17, 15) is 0 Å². The van der Waals surface area contributed by atoms with Crippen molar-refractivity contribution in [1.82, 2.24) is 10.3 Å². The SMILES string of the molecule is CNC(Cc1ccncc1Cl)CC(C)OC. The first-order valence-electron chi connectivity index (χ1n) is 5.45. The maximum Gasteiger partial charge on any atom is 0.0621 e. The second-order valence-electron chi connectivity index (χ2n) is 3.94. The molecule has 1 N–H and O–H groups in total. The molecule has 0 saturated heterocycles. The van der Waals surface area contributed by atoms with Gasteiger partial charge in [-0.3, -0.25) is 4.98 Å². The van der Waals surface area contributed by atoms with E-state index in [4.69, 9.17) is 16.3 Å². The fourth-order valence-corrected chi connectivity index (χ4v) is 1.83. The Bertz CT molecular complexity index is 320. The maximum atomic E-state index is 6.07. The average Bonchev–Trinajstić information content (AvgIpc) is 2.30. The van der Waals surface area contributed by atoms with Crippen LogP contribution in [0.3, 0.4) is 0 Å². The van der Waals surface area contributed by atoms with E-state index in [-0.39, 0.29) is 6.10 Å². The van der Waals surface area contributed by atoms with Crippen molar-refractivity contribution in [2.24, 2.45) is 0 Å². The van der Waals surface area contributed by atoms with Crippen molar-refractivity contribution >= 4 is 11.6 Å². The van der Waals surface area contributed by atoms with E-state index in [0.29, 0.717) is 6.04 Å². The number of nitrogens with one attached hydrogen (secondary N) is 1. The molecule has 0 aliphatic heterocycles. The number of hydrogen-bond donors (Lipinski definition) is 1. The standard InChI is InChI=1S/C12H19ClN2O/c1-9(16-3)6-11(14-2)7-10-4-5-15-8-12(10)13/h4-5,8-9,11,14H,6-7H2,1-3H3. The van der Waals surface area contributed by atoms with E-state index in [0.717, 1.165) is 23.4 Å². The van der Waals surface area contributed by atoms with Crippen LogP contribution in [-0.2, 0) is 11.2 Å². The first-order valence-corrected chi connectivity index (χ1v) is 5.83. The number of pyridine rings is 1. The third kappa shape index (κ3) is 4.08. The van der Waals surface area contributed by atoms with Gasteiger partial charge in [-0.2, -0.15) is 0 Å². The highest BCUT2D eigenvalue weighted by Gasteiger charge is 2.13. The van der Waals surface area contributed by atoms with Crippen molar-refractivity contribution in [1.29, 1.82) is 0 Å². The Morgan fingerprint density at radius 1 is 1.56 bits per heavy atom. The molecular formula is C12H19ClN2O. The number of nitrogens with zero attached hydrogens (tertiary/aromatic N) is 1. The van der Waals surface area contributed by atoms with Gasteiger partial charge < -0.3 is 10.1 Å². The van der Waals surface area contributed by atoms with Crippen LogP contribution in [0.15, 0.2) is 18.5 Å². The van der Waals surface area contributed by atoms with E-state index < -0.39 is 0 Å². The number of aromatic nitrogens is 1. The number of rotatable bonds is 6. The molecule has 1 aromatic heterocycles. The zero-order valence-corrected chi connectivity index (χ0v) is 10.8. The summed E-state index contributed by atoms with van der Waals surface area (Å²) in [6, 6.07) is 2.33. The van der Waals surface area contributed by atoms with Crippen molar-refractivity contribution in [2.75, 3.05) is 14.2 Å². The zero-order chi connectivity index (χ0) is 12.0. The molecule has 0 radical (unpaired) electrons. The normalized spacial score (nSPS) is 14.8. The van der Waals surface area contributed by atoms with Crippen molar-refractivity contribution < 1.29 is 4.74 Å². The molecule has 0 spiro atoms. The van der Waals surface area contributed by atoms with Gasteiger partial charge in [0, 0.05) is 25.5 Å². The predicted octanol–water partition coefficient (Wildman–Crippen LogP) is 2.29. The molecule has 0 aliphatic rings. The lowest BCUT2D eigenvalue weighted by molar-refractivity contribution is 0.101. The van der Waals surface area contributed by atoms with E-state index in [1.165, 1.54) is 0 Å². The van der Waals surface area contributed by atoms with Gasteiger partial charge in [0.1, 0.15) is 0 Å². The second-order valence-corrected chi connectivity index (χ2v) is 4.35. The number of methoxy groups -OCH3 is 1. The molecule has 0 bridgehead atoms. The van der Waals surface area contributed by atoms with Crippen LogP contribution in [0, 0.1) is 0 Å². The van der Waals surface area contributed by atoms with Gasteiger partial charge in [-0.05, 0) is 38.4 Å². The summed E-state index contributed by atoms with van der Waals surface area (Å²) in [4.78, 5) is 3.98. The molecule has 0 aliphatic carbocycles. The van der Waals surface area contributed by atoms with Crippen molar-refractivity contribution in [3.8, 4) is 0 Å². The third-order valence-corrected chi connectivity index (χ3v) is 3.09. The summed E-state index contributed by atoms with van der Waals surface area (Å²) in [6.07, 6.45) is 5.56. The van der Waals surface area contributed by atoms with E-state index in [2.05, 4.69) is 17.2 Å². The van der Waals surface area contributed by atoms with Crippen molar-refractivity contribution in [3.05, 3.63) is 29.0 Å². The quantitative estimate of drug-likeness (QED) is 0.831. The minimum absolute atomic E-state index is 0.248. The van der Waals surface area contributed by atoms with Gasteiger partial charge in [0.15, 0.2) is 0 Å². The van der Waals surface area contributed by atoms with Crippen LogP contribution in [0.25, 0.3) is 0 Å². The summed E-state index contributed by atoms with van der Waals surface area (Å²) in [6.45, 7) is 2.07. The molecule has 1 heterocycles. The Labute approximate surface area is 102 Å². The largest absolute Gasteiger partial charge is 0.382 e. The molecule has 90 valence electrons. The van der Waals surface area contributed by atoms with Gasteiger partial charge in [-0.15, -0.1) is 0 Å². The van der Waals surface area contributed by atoms with Crippen LogP contribution < -0.4 is 5.32 Å². The molecule has 4 heteroatoms.